The second-order valence-electron chi connectivity index (χ2n) is 7.97. The molecule has 0 saturated carbocycles. The standard InChI is InChI=1S/C26H25FN2O8S/c1-35-25(31)18-12-19(26(32)36-2)14-20(13-18)28-24(30)16-37-22-10-8-21(9-11-22)29(38(3,33)34)15-17-6-4-5-7-23(17)27/h4-14H,15-16H2,1-3H3,(H,28,30). The van der Waals surface area contributed by atoms with Gasteiger partial charge in [0.1, 0.15) is 11.6 Å². The summed E-state index contributed by atoms with van der Waals surface area (Å²) in [5, 5.41) is 2.53. The van der Waals surface area contributed by atoms with Crippen molar-refractivity contribution in [1.29, 1.82) is 0 Å². The van der Waals surface area contributed by atoms with Gasteiger partial charge in [-0.1, -0.05) is 18.2 Å². The van der Waals surface area contributed by atoms with Crippen molar-refractivity contribution >= 4 is 39.2 Å². The number of hydrogen-bond donors (Lipinski definition) is 1. The molecule has 0 unspecified atom stereocenters. The first-order valence-electron chi connectivity index (χ1n) is 11.1. The zero-order chi connectivity index (χ0) is 27.9. The summed E-state index contributed by atoms with van der Waals surface area (Å²) in [6.07, 6.45) is 1.02. The van der Waals surface area contributed by atoms with Crippen molar-refractivity contribution in [3.05, 3.63) is 89.2 Å². The van der Waals surface area contributed by atoms with Crippen LogP contribution in [0, 0.1) is 5.82 Å². The Labute approximate surface area is 219 Å². The van der Waals surface area contributed by atoms with Gasteiger partial charge in [-0.05, 0) is 48.5 Å². The molecule has 0 aliphatic heterocycles. The van der Waals surface area contributed by atoms with Gasteiger partial charge in [0.2, 0.25) is 10.0 Å². The average molecular weight is 545 g/mol. The zero-order valence-corrected chi connectivity index (χ0v) is 21.6. The van der Waals surface area contributed by atoms with Crippen LogP contribution in [0.1, 0.15) is 26.3 Å². The minimum Gasteiger partial charge on any atom is -0.484 e. The Balaban J connectivity index is 1.69. The molecule has 200 valence electrons. The van der Waals surface area contributed by atoms with E-state index in [2.05, 4.69) is 14.8 Å². The number of anilines is 2. The monoisotopic (exact) mass is 544 g/mol. The quantitative estimate of drug-likeness (QED) is 0.385. The van der Waals surface area contributed by atoms with E-state index in [0.717, 1.165) is 10.6 Å². The number of benzene rings is 3. The highest BCUT2D eigenvalue weighted by atomic mass is 32.2. The molecular weight excluding hydrogens is 519 g/mol. The maximum atomic E-state index is 14.1. The third-order valence-electron chi connectivity index (χ3n) is 5.23. The molecule has 0 aliphatic carbocycles. The lowest BCUT2D eigenvalue weighted by molar-refractivity contribution is -0.118. The Kier molecular flexibility index (Phi) is 9.02. The number of amides is 1. The average Bonchev–Trinajstić information content (AvgIpc) is 2.90. The van der Waals surface area contributed by atoms with Crippen molar-refractivity contribution in [3.8, 4) is 5.75 Å². The van der Waals surface area contributed by atoms with E-state index in [1.807, 2.05) is 0 Å². The summed E-state index contributed by atoms with van der Waals surface area (Å²) in [6.45, 7) is -0.632. The topological polar surface area (TPSA) is 128 Å². The summed E-state index contributed by atoms with van der Waals surface area (Å²) >= 11 is 0. The summed E-state index contributed by atoms with van der Waals surface area (Å²) in [6, 6.07) is 15.7. The Morgan fingerprint density at radius 1 is 0.895 bits per heavy atom. The van der Waals surface area contributed by atoms with Crippen LogP contribution < -0.4 is 14.4 Å². The van der Waals surface area contributed by atoms with Crippen LogP contribution in [0.2, 0.25) is 0 Å². The van der Waals surface area contributed by atoms with Crippen LogP contribution >= 0.6 is 0 Å². The number of halogens is 1. The molecule has 1 amide bonds. The molecule has 0 radical (unpaired) electrons. The largest absolute Gasteiger partial charge is 0.484 e. The summed E-state index contributed by atoms with van der Waals surface area (Å²) in [4.78, 5) is 36.3. The molecule has 38 heavy (non-hydrogen) atoms. The predicted molar refractivity (Wildman–Crippen MR) is 137 cm³/mol. The summed E-state index contributed by atoms with van der Waals surface area (Å²) < 4.78 is 54.7. The fraction of sp³-hybridized carbons (Fsp3) is 0.192. The van der Waals surface area contributed by atoms with Crippen LogP contribution in [0.15, 0.2) is 66.7 Å². The van der Waals surface area contributed by atoms with Crippen LogP contribution in [0.5, 0.6) is 5.75 Å². The van der Waals surface area contributed by atoms with Gasteiger partial charge in [0.25, 0.3) is 5.91 Å². The van der Waals surface area contributed by atoms with Gasteiger partial charge in [0.15, 0.2) is 6.61 Å². The van der Waals surface area contributed by atoms with Crippen LogP contribution in [-0.4, -0.2) is 53.3 Å². The number of nitrogens with one attached hydrogen (secondary N) is 1. The second kappa shape index (κ2) is 12.2. The van der Waals surface area contributed by atoms with Crippen molar-refractivity contribution < 1.29 is 41.4 Å². The number of methoxy groups -OCH3 is 2. The Morgan fingerprint density at radius 2 is 1.47 bits per heavy atom. The van der Waals surface area contributed by atoms with E-state index in [1.165, 1.54) is 74.9 Å². The molecule has 3 rings (SSSR count). The molecule has 0 fully saturated rings. The van der Waals surface area contributed by atoms with Crippen molar-refractivity contribution in [2.45, 2.75) is 6.54 Å². The molecule has 0 saturated heterocycles. The van der Waals surface area contributed by atoms with Crippen molar-refractivity contribution in [1.82, 2.24) is 0 Å². The molecule has 3 aromatic carbocycles. The third kappa shape index (κ3) is 7.29. The molecule has 0 spiro atoms. The number of esters is 2. The molecule has 0 bridgehead atoms. The fourth-order valence-corrected chi connectivity index (χ4v) is 4.29. The molecule has 1 N–H and O–H groups in total. The van der Waals surface area contributed by atoms with Gasteiger partial charge in [-0.25, -0.2) is 22.4 Å². The highest BCUT2D eigenvalue weighted by Crippen LogP contribution is 2.25. The van der Waals surface area contributed by atoms with Gasteiger partial charge in [-0.15, -0.1) is 0 Å². The molecule has 12 heteroatoms. The fourth-order valence-electron chi connectivity index (χ4n) is 3.41. The van der Waals surface area contributed by atoms with E-state index in [1.54, 1.807) is 6.07 Å². The van der Waals surface area contributed by atoms with Gasteiger partial charge in [0.05, 0.1) is 43.8 Å². The molecule has 0 aliphatic rings. The molecule has 10 nitrogen and oxygen atoms in total. The maximum absolute atomic E-state index is 14.1. The van der Waals surface area contributed by atoms with Gasteiger partial charge in [-0.3, -0.25) is 9.10 Å². The van der Waals surface area contributed by atoms with E-state index >= 15 is 0 Å². The highest BCUT2D eigenvalue weighted by molar-refractivity contribution is 7.92. The first-order chi connectivity index (χ1) is 18.0. The molecule has 3 aromatic rings. The number of nitrogens with zero attached hydrogens (tertiary/aromatic N) is 1. The summed E-state index contributed by atoms with van der Waals surface area (Å²) in [5.41, 5.74) is 0.708. The van der Waals surface area contributed by atoms with Crippen LogP contribution in [0.3, 0.4) is 0 Å². The minimum atomic E-state index is -3.73. The van der Waals surface area contributed by atoms with Crippen molar-refractivity contribution in [2.75, 3.05) is 36.7 Å². The SMILES string of the molecule is COC(=O)c1cc(NC(=O)COc2ccc(N(Cc3ccccc3F)S(C)(=O)=O)cc2)cc(C(=O)OC)c1. The minimum absolute atomic E-state index is 0.0352. The van der Waals surface area contributed by atoms with E-state index < -0.39 is 40.3 Å². The molecular formula is C26H25FN2O8S. The van der Waals surface area contributed by atoms with E-state index in [9.17, 15) is 27.2 Å². The zero-order valence-electron chi connectivity index (χ0n) is 20.8. The summed E-state index contributed by atoms with van der Waals surface area (Å²) in [5.74, 6) is -2.27. The van der Waals surface area contributed by atoms with E-state index in [4.69, 9.17) is 4.74 Å². The molecule has 0 atom stereocenters. The lowest BCUT2D eigenvalue weighted by atomic mass is 10.1. The number of hydrogen-bond acceptors (Lipinski definition) is 8. The summed E-state index contributed by atoms with van der Waals surface area (Å²) in [7, 11) is -1.37. The normalized spacial score (nSPS) is 10.8. The number of carbonyl (C=O) groups excluding carboxylic acids is 3. The highest BCUT2D eigenvalue weighted by Gasteiger charge is 2.20. The van der Waals surface area contributed by atoms with Crippen LogP contribution in [0.4, 0.5) is 15.8 Å². The predicted octanol–water partition coefficient (Wildman–Crippen LogP) is 3.38. The smallest absolute Gasteiger partial charge is 0.337 e. The lowest BCUT2D eigenvalue weighted by Crippen LogP contribution is -2.29. The van der Waals surface area contributed by atoms with Crippen molar-refractivity contribution in [2.24, 2.45) is 0 Å². The van der Waals surface area contributed by atoms with Gasteiger partial charge in [0, 0.05) is 11.3 Å². The number of ether oxygens (including phenoxy) is 3. The third-order valence-corrected chi connectivity index (χ3v) is 6.37. The van der Waals surface area contributed by atoms with Crippen molar-refractivity contribution in [3.63, 3.8) is 0 Å². The van der Waals surface area contributed by atoms with Gasteiger partial charge >= 0.3 is 11.9 Å². The molecule has 0 aromatic heterocycles. The Bertz CT molecular complexity index is 1410. The maximum Gasteiger partial charge on any atom is 0.337 e. The Morgan fingerprint density at radius 3 is 2.00 bits per heavy atom. The number of carbonyl (C=O) groups is 3. The number of sulfonamides is 1. The number of rotatable bonds is 10. The van der Waals surface area contributed by atoms with Crippen LogP contribution in [-0.2, 0) is 30.8 Å². The lowest BCUT2D eigenvalue weighted by Gasteiger charge is -2.23. The van der Waals surface area contributed by atoms with Gasteiger partial charge < -0.3 is 19.5 Å². The van der Waals surface area contributed by atoms with E-state index in [0.29, 0.717) is 0 Å². The van der Waals surface area contributed by atoms with E-state index in [-0.39, 0.29) is 40.4 Å². The Hall–Kier alpha value is -4.45. The van der Waals surface area contributed by atoms with Gasteiger partial charge in [-0.2, -0.15) is 0 Å². The second-order valence-corrected chi connectivity index (χ2v) is 9.88. The first-order valence-corrected chi connectivity index (χ1v) is 12.9. The van der Waals surface area contributed by atoms with Crippen LogP contribution in [0.25, 0.3) is 0 Å². The first kappa shape index (κ1) is 28.1. The molecule has 0 heterocycles.